The number of hydrogen-bond acceptors (Lipinski definition) is 1. The van der Waals surface area contributed by atoms with Gasteiger partial charge in [0.15, 0.2) is 0 Å². The van der Waals surface area contributed by atoms with Gasteiger partial charge in [-0.05, 0) is 46.7 Å². The van der Waals surface area contributed by atoms with Gasteiger partial charge in [0.25, 0.3) is 0 Å². The van der Waals surface area contributed by atoms with Gasteiger partial charge in [0, 0.05) is 36.5 Å². The summed E-state index contributed by atoms with van der Waals surface area (Å²) >= 11 is -0.556. The summed E-state index contributed by atoms with van der Waals surface area (Å²) in [5, 5.41) is 13.4. The first-order valence-corrected chi connectivity index (χ1v) is 18.7. The molecule has 0 spiro atoms. The van der Waals surface area contributed by atoms with Gasteiger partial charge in [0.2, 0.25) is 0 Å². The van der Waals surface area contributed by atoms with Crippen molar-refractivity contribution in [1.29, 1.82) is 0 Å². The van der Waals surface area contributed by atoms with Gasteiger partial charge in [-0.3, -0.25) is 0 Å². The van der Waals surface area contributed by atoms with Crippen LogP contribution in [0.15, 0.2) is 66.8 Å². The molecular weight excluding hydrogens is 538 g/mol. The fourth-order valence-corrected chi connectivity index (χ4v) is 10.2. The fraction of sp³-hybridized carbons (Fsp3) is 0.433. The van der Waals surface area contributed by atoms with Crippen LogP contribution in [0.1, 0.15) is 56.2 Å². The normalized spacial score (nSPS) is 25.6. The van der Waals surface area contributed by atoms with Crippen LogP contribution in [0.4, 0.5) is 5.69 Å². The number of aryl methyl sites for hydroxylation is 1. The van der Waals surface area contributed by atoms with Crippen LogP contribution >= 0.6 is 25.7 Å². The third-order valence-electron chi connectivity index (χ3n) is 8.41. The summed E-state index contributed by atoms with van der Waals surface area (Å²) in [6.45, 7) is 11.0. The van der Waals surface area contributed by atoms with Crippen molar-refractivity contribution >= 4 is 36.7 Å². The van der Waals surface area contributed by atoms with Crippen molar-refractivity contribution in [2.24, 2.45) is 11.8 Å². The molecule has 2 nitrogen and oxygen atoms in total. The molecule has 5 unspecified atom stereocenters. The molecule has 3 aliphatic rings. The third-order valence-corrected chi connectivity index (χ3v) is 12.7. The van der Waals surface area contributed by atoms with Gasteiger partial charge in [-0.2, -0.15) is 7.05 Å². The molecule has 1 saturated carbocycles. The van der Waals surface area contributed by atoms with Crippen LogP contribution in [0.25, 0.3) is 5.16 Å². The van der Waals surface area contributed by atoms with Crippen LogP contribution in [-0.2, 0) is 17.0 Å². The molecule has 1 aliphatic heterocycles. The molecule has 5 atom stereocenters. The molecule has 6 heteroatoms. The summed E-state index contributed by atoms with van der Waals surface area (Å²) in [4.78, 5) is 2.54. The van der Waals surface area contributed by atoms with Crippen molar-refractivity contribution in [3.05, 3.63) is 96.0 Å². The van der Waals surface area contributed by atoms with Crippen LogP contribution in [0, 0.1) is 26.2 Å². The molecule has 2 aromatic rings. The summed E-state index contributed by atoms with van der Waals surface area (Å²) < 4.78 is 0. The molecule has 36 heavy (non-hydrogen) atoms. The zero-order chi connectivity index (χ0) is 25.5. The molecule has 0 bridgehead atoms. The van der Waals surface area contributed by atoms with Gasteiger partial charge in [-0.25, -0.2) is 0 Å². The van der Waals surface area contributed by atoms with E-state index in [9.17, 15) is 5.16 Å². The molecule has 0 N–H and O–H groups in total. The van der Waals surface area contributed by atoms with E-state index < -0.39 is 24.1 Å². The molecule has 5 rings (SSSR count). The quantitative estimate of drug-likeness (QED) is 0.202. The number of benzene rings is 2. The van der Waals surface area contributed by atoms with Crippen molar-refractivity contribution in [2.75, 3.05) is 11.9 Å². The first-order chi connectivity index (χ1) is 16.7. The number of rotatable bonds is 4. The Labute approximate surface area is 236 Å². The molecule has 2 aromatic carbocycles. The summed E-state index contributed by atoms with van der Waals surface area (Å²) in [6.07, 6.45) is 9.35. The first-order valence-electron chi connectivity index (χ1n) is 12.5. The second-order valence-corrected chi connectivity index (χ2v) is 17.3. The second-order valence-electron chi connectivity index (χ2n) is 10.7. The van der Waals surface area contributed by atoms with E-state index in [0.717, 1.165) is 0 Å². The Morgan fingerprint density at radius 2 is 1.47 bits per heavy atom. The maximum atomic E-state index is 12.2. The van der Waals surface area contributed by atoms with Crippen LogP contribution < -0.4 is 10.2 Å². The minimum atomic E-state index is -2.30. The molecule has 2 aliphatic carbocycles. The van der Waals surface area contributed by atoms with Crippen molar-refractivity contribution in [2.45, 2.75) is 63.8 Å². The first kappa shape index (κ1) is 29.8. The standard InChI is InChI=1S/C29H36N2P.CH3.2ClH.Ti/c1-18(2)32(30,19(3)4)26-14-10-9-13-23(26)27-21-11-7-8-12-22(21)29-28(27)24-17-20(5)15-16-25(24)31(29)6;;;;/h7-19,21-22,27-29H,1-6H3;1H3;2*1H;/q2*-1;;;+2/p-2. The van der Waals surface area contributed by atoms with Gasteiger partial charge in [0.05, 0.1) is 0 Å². The van der Waals surface area contributed by atoms with Crippen molar-refractivity contribution < 1.29 is 17.0 Å². The maximum absolute atomic E-state index is 12.2. The van der Waals surface area contributed by atoms with Gasteiger partial charge >= 0.3 is 35.6 Å². The monoisotopic (exact) mass is 576 g/mol. The number of halogens is 2. The molecule has 1 fully saturated rings. The molecular formula is C30H39Cl2N2PTi-2. The van der Waals surface area contributed by atoms with Gasteiger partial charge in [-0.15, -0.1) is 0 Å². The van der Waals surface area contributed by atoms with Crippen molar-refractivity contribution in [3.8, 4) is 0 Å². The van der Waals surface area contributed by atoms with E-state index in [2.05, 4.69) is 113 Å². The average molecular weight is 577 g/mol. The number of nitrogens with zero attached hydrogens (tertiary/aromatic N) is 2. The summed E-state index contributed by atoms with van der Waals surface area (Å²) in [6, 6.07) is 16.3. The molecule has 1 heterocycles. The van der Waals surface area contributed by atoms with E-state index in [1.807, 2.05) is 0 Å². The van der Waals surface area contributed by atoms with E-state index >= 15 is 0 Å². The molecule has 0 aromatic heterocycles. The van der Waals surface area contributed by atoms with Crippen LogP contribution in [0.3, 0.4) is 0 Å². The molecule has 194 valence electrons. The average Bonchev–Trinajstić information content (AvgIpc) is 3.31. The number of likely N-dealkylation sites (N-methyl/N-ethyl adjacent to an activating group) is 1. The Morgan fingerprint density at radius 3 is 2.08 bits per heavy atom. The molecule has 0 radical (unpaired) electrons. The van der Waals surface area contributed by atoms with Crippen molar-refractivity contribution in [1.82, 2.24) is 0 Å². The van der Waals surface area contributed by atoms with Crippen LogP contribution in [-0.4, -0.2) is 24.4 Å². The second kappa shape index (κ2) is 12.0. The van der Waals surface area contributed by atoms with Crippen molar-refractivity contribution in [3.63, 3.8) is 0 Å². The number of hydrogen-bond donors (Lipinski definition) is 0. The predicted octanol–water partition coefficient (Wildman–Crippen LogP) is 9.09. The van der Waals surface area contributed by atoms with Crippen LogP contribution in [0.2, 0.25) is 0 Å². The van der Waals surface area contributed by atoms with E-state index in [0.29, 0.717) is 29.7 Å². The number of anilines is 1. The summed E-state index contributed by atoms with van der Waals surface area (Å²) in [7, 11) is 9.75. The Kier molecular flexibility index (Phi) is 9.90. The van der Waals surface area contributed by atoms with E-state index in [1.54, 1.807) is 0 Å². The molecule has 0 amide bonds. The summed E-state index contributed by atoms with van der Waals surface area (Å²) in [5.41, 5.74) is 6.09. The number of allylic oxidation sites excluding steroid dienone is 3. The Bertz CT molecular complexity index is 1160. The van der Waals surface area contributed by atoms with Gasteiger partial charge < -0.3 is 17.5 Å². The zero-order valence-electron chi connectivity index (χ0n) is 22.5. The van der Waals surface area contributed by atoms with Gasteiger partial charge in [0.1, 0.15) is 0 Å². The topological polar surface area (TPSA) is 25.5 Å². The van der Waals surface area contributed by atoms with E-state index in [4.69, 9.17) is 18.6 Å². The molecule has 0 saturated heterocycles. The SMILES string of the molecule is Cc1ccc2c(c1)C1C(c3ccccc3P(=[N-])(C(C)C)C(C)C)C3C=CC=CC3C1N2C.[CH3-].[Cl][Ti][Cl]. The predicted molar refractivity (Wildman–Crippen MR) is 159 cm³/mol. The van der Waals surface area contributed by atoms with E-state index in [-0.39, 0.29) is 18.7 Å². The Hall–Kier alpha value is -0.756. The Balaban J connectivity index is 0.000000861. The number of fused-ring (bicyclic) bond motifs is 5. The fourth-order valence-electron chi connectivity index (χ4n) is 6.98. The van der Waals surface area contributed by atoms with Crippen LogP contribution in [0.5, 0.6) is 0 Å². The van der Waals surface area contributed by atoms with Gasteiger partial charge in [-0.1, -0.05) is 94.0 Å². The Morgan fingerprint density at radius 1 is 0.889 bits per heavy atom. The zero-order valence-corrected chi connectivity index (χ0v) is 26.5. The third kappa shape index (κ3) is 4.87. The van der Waals surface area contributed by atoms with E-state index in [1.165, 1.54) is 27.7 Å². The summed E-state index contributed by atoms with van der Waals surface area (Å²) in [5.74, 6) is 1.76. The minimum absolute atomic E-state index is 0.